The molecule has 0 saturated carbocycles. The fraction of sp³-hybridized carbons (Fsp3) is 0.409. The highest BCUT2D eigenvalue weighted by Crippen LogP contribution is 2.14. The van der Waals surface area contributed by atoms with Crippen molar-refractivity contribution in [2.75, 3.05) is 25.5 Å². The van der Waals surface area contributed by atoms with E-state index in [1.165, 1.54) is 11.2 Å². The lowest BCUT2D eigenvalue weighted by Gasteiger charge is -2.21. The van der Waals surface area contributed by atoms with E-state index >= 15 is 0 Å². The van der Waals surface area contributed by atoms with Gasteiger partial charge in [-0.05, 0) is 42.8 Å². The zero-order valence-electron chi connectivity index (χ0n) is 17.5. The molecular formula is C22H29N3O5. The molecule has 0 saturated heterocycles. The number of ether oxygens (including phenoxy) is 1. The molecule has 0 aliphatic heterocycles. The quantitative estimate of drug-likeness (QED) is 0.519. The number of amides is 3. The summed E-state index contributed by atoms with van der Waals surface area (Å²) in [4.78, 5) is 38.4. The Morgan fingerprint density at radius 1 is 1.07 bits per heavy atom. The molecule has 0 atom stereocenters. The van der Waals surface area contributed by atoms with E-state index in [2.05, 4.69) is 17.6 Å². The third-order valence-electron chi connectivity index (χ3n) is 4.43. The van der Waals surface area contributed by atoms with Gasteiger partial charge in [0.2, 0.25) is 17.7 Å². The normalized spacial score (nSPS) is 10.3. The Labute approximate surface area is 176 Å². The van der Waals surface area contributed by atoms with Gasteiger partial charge in [0, 0.05) is 12.1 Å². The first kappa shape index (κ1) is 23.0. The summed E-state index contributed by atoms with van der Waals surface area (Å²) in [7, 11) is 1.56. The molecule has 1 heterocycles. The largest absolute Gasteiger partial charge is 0.497 e. The maximum Gasteiger partial charge on any atom is 0.243 e. The highest BCUT2D eigenvalue weighted by atomic mass is 16.5. The van der Waals surface area contributed by atoms with Crippen LogP contribution in [0.4, 0.5) is 5.69 Å². The monoisotopic (exact) mass is 415 g/mol. The predicted molar refractivity (Wildman–Crippen MR) is 113 cm³/mol. The average molecular weight is 415 g/mol. The van der Waals surface area contributed by atoms with E-state index in [4.69, 9.17) is 9.15 Å². The van der Waals surface area contributed by atoms with E-state index in [1.54, 1.807) is 43.5 Å². The molecule has 2 rings (SSSR count). The van der Waals surface area contributed by atoms with Crippen LogP contribution in [0.25, 0.3) is 0 Å². The fourth-order valence-corrected chi connectivity index (χ4v) is 2.79. The highest BCUT2D eigenvalue weighted by Gasteiger charge is 2.19. The van der Waals surface area contributed by atoms with Gasteiger partial charge in [0.15, 0.2) is 0 Å². The second-order valence-electron chi connectivity index (χ2n) is 6.84. The summed E-state index contributed by atoms with van der Waals surface area (Å²) in [5.41, 5.74) is 0.598. The second-order valence-corrected chi connectivity index (χ2v) is 6.84. The van der Waals surface area contributed by atoms with Crippen LogP contribution < -0.4 is 15.4 Å². The van der Waals surface area contributed by atoms with E-state index in [9.17, 15) is 14.4 Å². The molecule has 162 valence electrons. The van der Waals surface area contributed by atoms with Crippen LogP contribution in [0.3, 0.4) is 0 Å². The fourth-order valence-electron chi connectivity index (χ4n) is 2.79. The van der Waals surface area contributed by atoms with Crippen LogP contribution in [0.5, 0.6) is 5.75 Å². The number of anilines is 1. The molecule has 3 amide bonds. The molecule has 8 heteroatoms. The minimum atomic E-state index is -0.407. The van der Waals surface area contributed by atoms with Crippen molar-refractivity contribution in [3.63, 3.8) is 0 Å². The van der Waals surface area contributed by atoms with Crippen LogP contribution in [0.1, 0.15) is 38.4 Å². The van der Waals surface area contributed by atoms with Gasteiger partial charge in [-0.3, -0.25) is 14.4 Å². The van der Waals surface area contributed by atoms with Crippen LogP contribution in [0, 0.1) is 0 Å². The summed E-state index contributed by atoms with van der Waals surface area (Å²) in [6.07, 6.45) is 4.64. The van der Waals surface area contributed by atoms with Crippen LogP contribution in [-0.2, 0) is 20.9 Å². The summed E-state index contributed by atoms with van der Waals surface area (Å²) in [6.45, 7) is 1.95. The highest BCUT2D eigenvalue weighted by molar-refractivity contribution is 5.95. The third-order valence-corrected chi connectivity index (χ3v) is 4.43. The summed E-state index contributed by atoms with van der Waals surface area (Å²) in [5, 5.41) is 5.25. The van der Waals surface area contributed by atoms with Crippen molar-refractivity contribution >= 4 is 23.4 Å². The summed E-state index contributed by atoms with van der Waals surface area (Å²) in [5.74, 6) is 0.402. The number of carbonyl (C=O) groups is 3. The van der Waals surface area contributed by atoms with Gasteiger partial charge in [-0.15, -0.1) is 0 Å². The van der Waals surface area contributed by atoms with E-state index in [-0.39, 0.29) is 31.4 Å². The lowest BCUT2D eigenvalue weighted by molar-refractivity contribution is -0.137. The van der Waals surface area contributed by atoms with Crippen LogP contribution in [0.2, 0.25) is 0 Å². The smallest absolute Gasteiger partial charge is 0.243 e. The molecule has 2 aromatic rings. The van der Waals surface area contributed by atoms with Gasteiger partial charge in [-0.2, -0.15) is 0 Å². The number of hydrogen-bond donors (Lipinski definition) is 2. The molecule has 0 fully saturated rings. The van der Waals surface area contributed by atoms with Gasteiger partial charge in [0.1, 0.15) is 18.1 Å². The molecule has 0 spiro atoms. The minimum absolute atomic E-state index is 0.113. The predicted octanol–water partition coefficient (Wildman–Crippen LogP) is 2.95. The molecule has 0 bridgehead atoms. The van der Waals surface area contributed by atoms with E-state index in [1.807, 2.05) is 0 Å². The minimum Gasteiger partial charge on any atom is -0.497 e. The number of carbonyl (C=O) groups excluding carboxylic acids is 3. The zero-order chi connectivity index (χ0) is 21.8. The number of benzene rings is 1. The van der Waals surface area contributed by atoms with Crippen molar-refractivity contribution in [3.05, 3.63) is 48.4 Å². The number of nitrogens with zero attached hydrogens (tertiary/aromatic N) is 1. The molecular weight excluding hydrogens is 386 g/mol. The van der Waals surface area contributed by atoms with Crippen molar-refractivity contribution < 1.29 is 23.5 Å². The lowest BCUT2D eigenvalue weighted by Crippen LogP contribution is -2.42. The third kappa shape index (κ3) is 7.98. The molecule has 0 aliphatic carbocycles. The van der Waals surface area contributed by atoms with Crippen molar-refractivity contribution in [1.29, 1.82) is 0 Å². The van der Waals surface area contributed by atoms with E-state index in [0.717, 1.165) is 19.3 Å². The van der Waals surface area contributed by atoms with Crippen molar-refractivity contribution in [2.45, 2.75) is 39.2 Å². The topological polar surface area (TPSA) is 101 Å². The van der Waals surface area contributed by atoms with Gasteiger partial charge in [0.25, 0.3) is 0 Å². The van der Waals surface area contributed by atoms with Crippen molar-refractivity contribution in [3.8, 4) is 5.75 Å². The molecule has 8 nitrogen and oxygen atoms in total. The SMILES string of the molecule is CCCCCC(=O)N(CC(=O)NCC(=O)Nc1ccc(OC)cc1)Cc1ccco1. The molecule has 0 unspecified atom stereocenters. The molecule has 1 aromatic heterocycles. The van der Waals surface area contributed by atoms with Crippen LogP contribution >= 0.6 is 0 Å². The Balaban J connectivity index is 1.84. The maximum atomic E-state index is 12.5. The van der Waals surface area contributed by atoms with Gasteiger partial charge >= 0.3 is 0 Å². The molecule has 1 aromatic carbocycles. The van der Waals surface area contributed by atoms with Gasteiger partial charge in [-0.25, -0.2) is 0 Å². The Bertz CT molecular complexity index is 803. The molecule has 0 aliphatic rings. The second kappa shape index (κ2) is 12.3. The average Bonchev–Trinajstić information content (AvgIpc) is 3.25. The number of nitrogens with one attached hydrogen (secondary N) is 2. The van der Waals surface area contributed by atoms with Crippen molar-refractivity contribution in [2.24, 2.45) is 0 Å². The van der Waals surface area contributed by atoms with E-state index in [0.29, 0.717) is 23.6 Å². The Kier molecular flexibility index (Phi) is 9.44. The van der Waals surface area contributed by atoms with Crippen LogP contribution in [-0.4, -0.2) is 42.8 Å². The van der Waals surface area contributed by atoms with Gasteiger partial charge in [0.05, 0.1) is 26.5 Å². The number of methoxy groups -OCH3 is 1. The molecule has 30 heavy (non-hydrogen) atoms. The van der Waals surface area contributed by atoms with Crippen LogP contribution in [0.15, 0.2) is 47.1 Å². The Hall–Kier alpha value is -3.29. The lowest BCUT2D eigenvalue weighted by atomic mass is 10.2. The summed E-state index contributed by atoms with van der Waals surface area (Å²) >= 11 is 0. The Morgan fingerprint density at radius 3 is 2.47 bits per heavy atom. The number of rotatable bonds is 12. The molecule has 2 N–H and O–H groups in total. The summed E-state index contributed by atoms with van der Waals surface area (Å²) < 4.78 is 10.4. The zero-order valence-corrected chi connectivity index (χ0v) is 17.5. The first-order chi connectivity index (χ1) is 14.5. The number of hydrogen-bond acceptors (Lipinski definition) is 5. The van der Waals surface area contributed by atoms with Gasteiger partial charge < -0.3 is 24.7 Å². The van der Waals surface area contributed by atoms with E-state index < -0.39 is 5.91 Å². The summed E-state index contributed by atoms with van der Waals surface area (Å²) in [6, 6.07) is 10.4. The first-order valence-electron chi connectivity index (χ1n) is 10.0. The maximum absolute atomic E-state index is 12.5. The standard InChI is InChI=1S/C22H29N3O5/c1-3-4-5-8-22(28)25(15-19-7-6-13-30-19)16-21(27)23-14-20(26)24-17-9-11-18(29-2)12-10-17/h6-7,9-13H,3-5,8,14-16H2,1-2H3,(H,23,27)(H,24,26). The molecule has 0 radical (unpaired) electrons. The van der Waals surface area contributed by atoms with Gasteiger partial charge in [-0.1, -0.05) is 19.8 Å². The first-order valence-corrected chi connectivity index (χ1v) is 10.0. The Morgan fingerprint density at radius 2 is 1.83 bits per heavy atom. The number of furan rings is 1. The van der Waals surface area contributed by atoms with Crippen molar-refractivity contribution in [1.82, 2.24) is 10.2 Å². The number of unbranched alkanes of at least 4 members (excludes halogenated alkanes) is 2.